The molecule has 2 aromatic carbocycles. The lowest BCUT2D eigenvalue weighted by Gasteiger charge is -2.11. The SMILES string of the molecule is COc1cc(/C=C/C(=O)Nc2nnc(C(C)C)s2)ccc1OCc1ccc(Cl)cc1. The fourth-order valence-corrected chi connectivity index (χ4v) is 3.36. The van der Waals surface area contributed by atoms with Crippen molar-refractivity contribution in [3.8, 4) is 11.5 Å². The Labute approximate surface area is 184 Å². The molecule has 1 heterocycles. The fraction of sp³-hybridized carbons (Fsp3) is 0.227. The highest BCUT2D eigenvalue weighted by molar-refractivity contribution is 7.15. The number of rotatable bonds is 8. The number of benzene rings is 2. The Hall–Kier alpha value is -2.90. The van der Waals surface area contributed by atoms with Gasteiger partial charge in [-0.1, -0.05) is 55.0 Å². The molecule has 0 aliphatic carbocycles. The van der Waals surface area contributed by atoms with Gasteiger partial charge in [-0.15, -0.1) is 10.2 Å². The van der Waals surface area contributed by atoms with Crippen LogP contribution in [0.4, 0.5) is 5.13 Å². The Bertz CT molecular complexity index is 1030. The number of ether oxygens (including phenoxy) is 2. The van der Waals surface area contributed by atoms with Gasteiger partial charge in [-0.2, -0.15) is 0 Å². The molecule has 8 heteroatoms. The van der Waals surface area contributed by atoms with Crippen LogP contribution in [-0.2, 0) is 11.4 Å². The molecule has 0 radical (unpaired) electrons. The minimum atomic E-state index is -0.275. The summed E-state index contributed by atoms with van der Waals surface area (Å²) >= 11 is 7.27. The summed E-state index contributed by atoms with van der Waals surface area (Å²) in [5.41, 5.74) is 1.81. The zero-order valence-electron chi connectivity index (χ0n) is 16.9. The Morgan fingerprint density at radius 2 is 1.93 bits per heavy atom. The zero-order chi connectivity index (χ0) is 21.5. The van der Waals surface area contributed by atoms with Crippen molar-refractivity contribution < 1.29 is 14.3 Å². The third-order valence-electron chi connectivity index (χ3n) is 4.09. The molecular weight excluding hydrogens is 422 g/mol. The minimum Gasteiger partial charge on any atom is -0.493 e. The van der Waals surface area contributed by atoms with Crippen LogP contribution in [0.5, 0.6) is 11.5 Å². The van der Waals surface area contributed by atoms with Crippen LogP contribution < -0.4 is 14.8 Å². The molecule has 0 atom stereocenters. The van der Waals surface area contributed by atoms with Crippen LogP contribution in [0.25, 0.3) is 6.08 Å². The first-order valence-electron chi connectivity index (χ1n) is 9.32. The quantitative estimate of drug-likeness (QED) is 0.462. The van der Waals surface area contributed by atoms with Gasteiger partial charge in [0.1, 0.15) is 11.6 Å². The summed E-state index contributed by atoms with van der Waals surface area (Å²) in [5.74, 6) is 1.20. The molecule has 3 rings (SSSR count). The van der Waals surface area contributed by atoms with Gasteiger partial charge in [-0.3, -0.25) is 10.1 Å². The third-order valence-corrected chi connectivity index (χ3v) is 5.48. The van der Waals surface area contributed by atoms with Gasteiger partial charge in [-0.25, -0.2) is 0 Å². The summed E-state index contributed by atoms with van der Waals surface area (Å²) in [4.78, 5) is 12.1. The predicted octanol–water partition coefficient (Wildman–Crippen LogP) is 5.55. The minimum absolute atomic E-state index is 0.275. The molecule has 0 unspecified atom stereocenters. The van der Waals surface area contributed by atoms with E-state index in [0.29, 0.717) is 28.3 Å². The molecule has 0 aliphatic heterocycles. The third kappa shape index (κ3) is 6.05. The number of hydrogen-bond acceptors (Lipinski definition) is 6. The first-order valence-corrected chi connectivity index (χ1v) is 10.5. The highest BCUT2D eigenvalue weighted by atomic mass is 35.5. The van der Waals surface area contributed by atoms with Crippen molar-refractivity contribution >= 4 is 40.1 Å². The van der Waals surface area contributed by atoms with Crippen molar-refractivity contribution in [1.29, 1.82) is 0 Å². The molecule has 0 fully saturated rings. The van der Waals surface area contributed by atoms with Crippen LogP contribution in [0.15, 0.2) is 48.5 Å². The van der Waals surface area contributed by atoms with E-state index in [1.165, 1.54) is 17.4 Å². The van der Waals surface area contributed by atoms with E-state index in [0.717, 1.165) is 16.1 Å². The van der Waals surface area contributed by atoms with E-state index in [4.69, 9.17) is 21.1 Å². The predicted molar refractivity (Wildman–Crippen MR) is 120 cm³/mol. The number of halogens is 1. The number of hydrogen-bond donors (Lipinski definition) is 1. The number of carbonyl (C=O) groups excluding carboxylic acids is 1. The van der Waals surface area contributed by atoms with Crippen LogP contribution in [-0.4, -0.2) is 23.2 Å². The first-order chi connectivity index (χ1) is 14.4. The molecule has 6 nitrogen and oxygen atoms in total. The fourth-order valence-electron chi connectivity index (χ4n) is 2.49. The standard InChI is InChI=1S/C22H22ClN3O3S/c1-14(2)21-25-26-22(30-21)24-20(27)11-7-15-6-10-18(19(12-15)28-3)29-13-16-4-8-17(23)9-5-16/h4-12,14H,13H2,1-3H3,(H,24,26,27)/b11-7+. The highest BCUT2D eigenvalue weighted by Gasteiger charge is 2.09. The maximum absolute atomic E-state index is 12.1. The Morgan fingerprint density at radius 1 is 1.17 bits per heavy atom. The first kappa shape index (κ1) is 21.8. The van der Waals surface area contributed by atoms with E-state index >= 15 is 0 Å². The van der Waals surface area contributed by atoms with Gasteiger partial charge in [-0.05, 0) is 41.5 Å². The summed E-state index contributed by atoms with van der Waals surface area (Å²) < 4.78 is 11.3. The number of nitrogens with zero attached hydrogens (tertiary/aromatic N) is 2. The smallest absolute Gasteiger partial charge is 0.250 e. The Kier molecular flexibility index (Phi) is 7.43. The van der Waals surface area contributed by atoms with Crippen LogP contribution in [0, 0.1) is 0 Å². The second-order valence-electron chi connectivity index (χ2n) is 6.75. The van der Waals surface area contributed by atoms with E-state index in [-0.39, 0.29) is 11.8 Å². The topological polar surface area (TPSA) is 73.3 Å². The van der Waals surface area contributed by atoms with Gasteiger partial charge in [0.15, 0.2) is 11.5 Å². The summed E-state index contributed by atoms with van der Waals surface area (Å²) in [5, 5.41) is 12.8. The number of anilines is 1. The largest absolute Gasteiger partial charge is 0.493 e. The summed E-state index contributed by atoms with van der Waals surface area (Å²) in [6.07, 6.45) is 3.14. The summed E-state index contributed by atoms with van der Waals surface area (Å²) in [7, 11) is 1.58. The van der Waals surface area contributed by atoms with Crippen LogP contribution >= 0.6 is 22.9 Å². The van der Waals surface area contributed by atoms with Crippen molar-refractivity contribution in [2.75, 3.05) is 12.4 Å². The van der Waals surface area contributed by atoms with Gasteiger partial charge in [0, 0.05) is 17.0 Å². The zero-order valence-corrected chi connectivity index (χ0v) is 18.5. The molecule has 30 heavy (non-hydrogen) atoms. The average molecular weight is 444 g/mol. The number of aromatic nitrogens is 2. The number of methoxy groups -OCH3 is 1. The molecule has 0 saturated carbocycles. The van der Waals surface area contributed by atoms with E-state index in [9.17, 15) is 4.79 Å². The molecule has 0 spiro atoms. The van der Waals surface area contributed by atoms with Gasteiger partial charge < -0.3 is 9.47 Å². The Morgan fingerprint density at radius 3 is 2.60 bits per heavy atom. The van der Waals surface area contributed by atoms with Crippen LogP contribution in [0.2, 0.25) is 5.02 Å². The molecule has 3 aromatic rings. The van der Waals surface area contributed by atoms with Gasteiger partial charge in [0.05, 0.1) is 7.11 Å². The second-order valence-corrected chi connectivity index (χ2v) is 8.19. The molecule has 1 amide bonds. The van der Waals surface area contributed by atoms with E-state index < -0.39 is 0 Å². The maximum atomic E-state index is 12.1. The van der Waals surface area contributed by atoms with Crippen molar-refractivity contribution in [3.63, 3.8) is 0 Å². The monoisotopic (exact) mass is 443 g/mol. The average Bonchev–Trinajstić information content (AvgIpc) is 3.21. The number of nitrogens with one attached hydrogen (secondary N) is 1. The number of carbonyl (C=O) groups is 1. The lowest BCUT2D eigenvalue weighted by atomic mass is 10.2. The molecule has 0 aliphatic rings. The van der Waals surface area contributed by atoms with E-state index in [1.54, 1.807) is 13.2 Å². The molecule has 1 N–H and O–H groups in total. The van der Waals surface area contributed by atoms with Crippen molar-refractivity contribution in [3.05, 3.63) is 69.7 Å². The van der Waals surface area contributed by atoms with Crippen LogP contribution in [0.1, 0.15) is 35.9 Å². The molecule has 0 saturated heterocycles. The highest BCUT2D eigenvalue weighted by Crippen LogP contribution is 2.29. The Balaban J connectivity index is 1.61. The van der Waals surface area contributed by atoms with E-state index in [2.05, 4.69) is 15.5 Å². The lowest BCUT2D eigenvalue weighted by molar-refractivity contribution is -0.111. The summed E-state index contributed by atoms with van der Waals surface area (Å²) in [6, 6.07) is 12.9. The van der Waals surface area contributed by atoms with Crippen molar-refractivity contribution in [2.24, 2.45) is 0 Å². The molecule has 1 aromatic heterocycles. The van der Waals surface area contributed by atoms with Gasteiger partial charge >= 0.3 is 0 Å². The molecule has 0 bridgehead atoms. The normalized spacial score (nSPS) is 11.1. The van der Waals surface area contributed by atoms with Gasteiger partial charge in [0.2, 0.25) is 11.0 Å². The van der Waals surface area contributed by atoms with Gasteiger partial charge in [0.25, 0.3) is 0 Å². The lowest BCUT2D eigenvalue weighted by Crippen LogP contribution is -2.07. The van der Waals surface area contributed by atoms with E-state index in [1.807, 2.05) is 56.3 Å². The van der Waals surface area contributed by atoms with Crippen LogP contribution in [0.3, 0.4) is 0 Å². The molecule has 156 valence electrons. The molecular formula is C22H22ClN3O3S. The second kappa shape index (κ2) is 10.2. The summed E-state index contributed by atoms with van der Waals surface area (Å²) in [6.45, 7) is 4.45. The number of amides is 1. The van der Waals surface area contributed by atoms with Crippen molar-refractivity contribution in [2.45, 2.75) is 26.4 Å². The van der Waals surface area contributed by atoms with Crippen molar-refractivity contribution in [1.82, 2.24) is 10.2 Å². The maximum Gasteiger partial charge on any atom is 0.250 e.